The molecule has 0 N–H and O–H groups in total. The third-order valence-electron chi connectivity index (χ3n) is 4.14. The van der Waals surface area contributed by atoms with E-state index in [1.807, 2.05) is 0 Å². The molecule has 0 unspecified atom stereocenters. The van der Waals surface area contributed by atoms with Crippen LogP contribution >= 0.6 is 11.8 Å². The number of amides is 2. The van der Waals surface area contributed by atoms with Gasteiger partial charge in [0.05, 0.1) is 0 Å². The van der Waals surface area contributed by atoms with Crippen molar-refractivity contribution in [3.05, 3.63) is 0 Å². The van der Waals surface area contributed by atoms with Crippen LogP contribution in [0.25, 0.3) is 0 Å². The molecule has 0 spiro atoms. The number of thioether (sulfide) groups is 1. The van der Waals surface area contributed by atoms with Gasteiger partial charge in [0.2, 0.25) is 11.8 Å². The van der Waals surface area contributed by atoms with Crippen LogP contribution in [0.4, 0.5) is 0 Å². The molecule has 0 bridgehead atoms. The fraction of sp³-hybridized carbons (Fsp3) is 0.765. The molecule has 0 aliphatic carbocycles. The fourth-order valence-corrected chi connectivity index (χ4v) is 3.79. The summed E-state index contributed by atoms with van der Waals surface area (Å²) in [4.78, 5) is 49.3. The number of nitrogens with zero attached hydrogens (tertiary/aromatic N) is 2. The summed E-state index contributed by atoms with van der Waals surface area (Å²) in [5, 5.41) is 2.64. The average Bonchev–Trinajstić information content (AvgIpc) is 2.62. The van der Waals surface area contributed by atoms with Crippen molar-refractivity contribution in [2.24, 2.45) is 5.92 Å². The Morgan fingerprint density at radius 3 is 2.52 bits per heavy atom. The molecule has 2 heterocycles. The van der Waals surface area contributed by atoms with E-state index in [9.17, 15) is 19.2 Å². The summed E-state index contributed by atoms with van der Waals surface area (Å²) in [5.41, 5.74) is -0.665. The number of esters is 1. The molecule has 25 heavy (non-hydrogen) atoms. The van der Waals surface area contributed by atoms with Crippen LogP contribution in [0.15, 0.2) is 0 Å². The molecule has 2 rings (SSSR count). The van der Waals surface area contributed by atoms with Gasteiger partial charge in [-0.25, -0.2) is 9.80 Å². The summed E-state index contributed by atoms with van der Waals surface area (Å²) in [6.07, 6.45) is 1.75. The van der Waals surface area contributed by atoms with Gasteiger partial charge in [-0.3, -0.25) is 19.4 Å². The molecule has 0 aromatic heterocycles. The third kappa shape index (κ3) is 4.96. The molecule has 2 aliphatic rings. The van der Waals surface area contributed by atoms with E-state index in [0.717, 1.165) is 11.8 Å². The molecule has 7 nitrogen and oxygen atoms in total. The summed E-state index contributed by atoms with van der Waals surface area (Å²) >= 11 is 1.08. The maximum atomic E-state index is 13.0. The molecule has 2 fully saturated rings. The molecule has 0 radical (unpaired) electrons. The van der Waals surface area contributed by atoms with Crippen molar-refractivity contribution in [2.75, 3.05) is 12.3 Å². The van der Waals surface area contributed by atoms with Crippen LogP contribution in [0, 0.1) is 5.92 Å². The lowest BCUT2D eigenvalue weighted by molar-refractivity contribution is -0.188. The lowest BCUT2D eigenvalue weighted by Gasteiger charge is -2.43. The Bertz CT molecular complexity index is 572. The quantitative estimate of drug-likeness (QED) is 0.704. The van der Waals surface area contributed by atoms with Crippen LogP contribution in [-0.4, -0.2) is 56.9 Å². The number of carbonyl (C=O) groups excluding carboxylic acids is 4. The molecule has 140 valence electrons. The maximum absolute atomic E-state index is 13.0. The monoisotopic (exact) mass is 370 g/mol. The highest BCUT2D eigenvalue weighted by Gasteiger charge is 2.45. The smallest absolute Gasteiger partial charge is 0.331 e. The van der Waals surface area contributed by atoms with E-state index in [0.29, 0.717) is 31.6 Å². The molecule has 0 aromatic rings. The summed E-state index contributed by atoms with van der Waals surface area (Å²) in [6.45, 7) is 7.19. The second kappa shape index (κ2) is 7.76. The van der Waals surface area contributed by atoms with Gasteiger partial charge in [-0.15, -0.1) is 0 Å². The average molecular weight is 370 g/mol. The minimum Gasteiger partial charge on any atom is -0.458 e. The highest BCUT2D eigenvalue weighted by atomic mass is 32.2. The lowest BCUT2D eigenvalue weighted by atomic mass is 10.0. The molecule has 0 aromatic carbocycles. The largest absolute Gasteiger partial charge is 0.458 e. The van der Waals surface area contributed by atoms with Crippen LogP contribution in [0.3, 0.4) is 0 Å². The van der Waals surface area contributed by atoms with Crippen LogP contribution in [0.1, 0.15) is 53.4 Å². The van der Waals surface area contributed by atoms with Crippen molar-refractivity contribution in [1.82, 2.24) is 10.0 Å². The number of ether oxygens (including phenoxy) is 1. The fourth-order valence-electron chi connectivity index (χ4n) is 3.05. The van der Waals surface area contributed by atoms with Gasteiger partial charge in [0.15, 0.2) is 11.2 Å². The zero-order chi connectivity index (χ0) is 18.8. The Balaban J connectivity index is 2.25. The second-order valence-corrected chi connectivity index (χ2v) is 8.63. The summed E-state index contributed by atoms with van der Waals surface area (Å²) < 4.78 is 5.45. The van der Waals surface area contributed by atoms with Crippen LogP contribution < -0.4 is 0 Å². The van der Waals surface area contributed by atoms with E-state index < -0.39 is 23.5 Å². The number of fused-ring (bicyclic) bond motifs is 1. The van der Waals surface area contributed by atoms with Crippen molar-refractivity contribution in [2.45, 2.75) is 65.0 Å². The minimum atomic E-state index is -0.785. The summed E-state index contributed by atoms with van der Waals surface area (Å²) in [7, 11) is 0. The predicted octanol–water partition coefficient (Wildman–Crippen LogP) is 1.75. The topological polar surface area (TPSA) is 84.0 Å². The number of hydrogen-bond acceptors (Lipinski definition) is 6. The Morgan fingerprint density at radius 2 is 1.92 bits per heavy atom. The molecule has 2 atom stereocenters. The van der Waals surface area contributed by atoms with Gasteiger partial charge in [-0.1, -0.05) is 11.8 Å². The molecule has 2 amide bonds. The van der Waals surface area contributed by atoms with Crippen LogP contribution in [-0.2, 0) is 23.9 Å². The van der Waals surface area contributed by atoms with Gasteiger partial charge in [-0.05, 0) is 40.0 Å². The second-order valence-electron chi connectivity index (χ2n) is 7.43. The first-order chi connectivity index (χ1) is 11.6. The highest BCUT2D eigenvalue weighted by Crippen LogP contribution is 2.30. The Morgan fingerprint density at radius 1 is 1.24 bits per heavy atom. The van der Waals surface area contributed by atoms with Crippen LogP contribution in [0.2, 0.25) is 0 Å². The third-order valence-corrected chi connectivity index (χ3v) is 5.11. The van der Waals surface area contributed by atoms with Gasteiger partial charge in [0.25, 0.3) is 0 Å². The molecule has 2 saturated heterocycles. The van der Waals surface area contributed by atoms with Gasteiger partial charge < -0.3 is 4.74 Å². The van der Waals surface area contributed by atoms with Gasteiger partial charge >= 0.3 is 5.97 Å². The zero-order valence-electron chi connectivity index (χ0n) is 15.2. The molecule has 2 aliphatic heterocycles. The zero-order valence-corrected chi connectivity index (χ0v) is 16.1. The minimum absolute atomic E-state index is 0.0671. The van der Waals surface area contributed by atoms with E-state index in [1.165, 1.54) is 16.9 Å². The van der Waals surface area contributed by atoms with Gasteiger partial charge in [0, 0.05) is 31.6 Å². The number of hydrazine groups is 1. The molecular weight excluding hydrogens is 344 g/mol. The van der Waals surface area contributed by atoms with E-state index in [4.69, 9.17) is 4.74 Å². The van der Waals surface area contributed by atoms with E-state index in [2.05, 4.69) is 0 Å². The lowest BCUT2D eigenvalue weighted by Crippen LogP contribution is -2.61. The van der Waals surface area contributed by atoms with Crippen molar-refractivity contribution in [1.29, 1.82) is 0 Å². The normalized spacial score (nSPS) is 24.6. The van der Waals surface area contributed by atoms with E-state index in [1.54, 1.807) is 20.8 Å². The van der Waals surface area contributed by atoms with Gasteiger partial charge in [-0.2, -0.15) is 0 Å². The van der Waals surface area contributed by atoms with Crippen molar-refractivity contribution in [3.63, 3.8) is 0 Å². The highest BCUT2D eigenvalue weighted by molar-refractivity contribution is 8.13. The summed E-state index contributed by atoms with van der Waals surface area (Å²) in [6, 6.07) is -0.785. The Hall–Kier alpha value is -1.57. The SMILES string of the molecule is CC(=O)SC[C@@H]1CCC(=O)N2CCC[C@@H](C(=O)OC(C)(C)C)N2C1=O. The first-order valence-corrected chi connectivity index (χ1v) is 9.58. The number of hydrogen-bond donors (Lipinski definition) is 0. The van der Waals surface area contributed by atoms with Crippen molar-refractivity contribution in [3.8, 4) is 0 Å². The predicted molar refractivity (Wildman–Crippen MR) is 93.3 cm³/mol. The van der Waals surface area contributed by atoms with E-state index in [-0.39, 0.29) is 23.4 Å². The number of rotatable bonds is 3. The first kappa shape index (κ1) is 19.8. The maximum Gasteiger partial charge on any atom is 0.331 e. The Labute approximate surface area is 152 Å². The molecular formula is C17H26N2O5S. The van der Waals surface area contributed by atoms with Gasteiger partial charge in [0.1, 0.15) is 5.60 Å². The number of carbonyl (C=O) groups is 4. The van der Waals surface area contributed by atoms with Crippen LogP contribution in [0.5, 0.6) is 0 Å². The molecule has 8 heteroatoms. The van der Waals surface area contributed by atoms with Crippen molar-refractivity contribution < 1.29 is 23.9 Å². The van der Waals surface area contributed by atoms with E-state index >= 15 is 0 Å². The van der Waals surface area contributed by atoms with Crippen molar-refractivity contribution >= 4 is 34.7 Å². The standard InChI is InChI=1S/C17H26N2O5S/c1-11(20)25-10-12-7-8-14(21)18-9-5-6-13(19(18)15(12)22)16(23)24-17(2,3)4/h12-13H,5-10H2,1-4H3/t12-,13-/m0/s1. The Kier molecular flexibility index (Phi) is 6.13. The molecule has 0 saturated carbocycles. The summed E-state index contributed by atoms with van der Waals surface area (Å²) in [5.74, 6) is -1.04. The first-order valence-electron chi connectivity index (χ1n) is 8.59.